The Kier molecular flexibility index (Phi) is 3.40. The van der Waals surface area contributed by atoms with Gasteiger partial charge >= 0.3 is 0 Å². The van der Waals surface area contributed by atoms with E-state index in [1.165, 1.54) is 6.07 Å². The van der Waals surface area contributed by atoms with Crippen LogP contribution in [0.3, 0.4) is 0 Å². The molecule has 0 atom stereocenters. The molecule has 0 aliphatic heterocycles. The van der Waals surface area contributed by atoms with Crippen LogP contribution in [0.15, 0.2) is 35.2 Å². The molecule has 4 N–H and O–H groups in total. The highest BCUT2D eigenvalue weighted by atomic mass is 32.2. The molecule has 5 heteroatoms. The third-order valence-corrected chi connectivity index (χ3v) is 2.64. The Morgan fingerprint density at radius 3 is 2.50 bits per heavy atom. The molecule has 0 fully saturated rings. The van der Waals surface area contributed by atoms with Crippen molar-refractivity contribution in [3.05, 3.63) is 35.9 Å². The second-order valence-electron chi connectivity index (χ2n) is 2.72. The average molecular weight is 212 g/mol. The Balaban J connectivity index is 3.24. The minimum Gasteiger partial charge on any atom is -0.327 e. The molecule has 0 aliphatic carbocycles. The van der Waals surface area contributed by atoms with Gasteiger partial charge in [-0.3, -0.25) is 0 Å². The smallest absolute Gasteiger partial charge is 0.238 e. The van der Waals surface area contributed by atoms with Crippen LogP contribution in [0.4, 0.5) is 0 Å². The van der Waals surface area contributed by atoms with Crippen LogP contribution in [0, 0.1) is 0 Å². The molecule has 0 aliphatic rings. The first-order valence-electron chi connectivity index (χ1n) is 4.04. The molecule has 76 valence electrons. The number of hydrogen-bond donors (Lipinski definition) is 2. The number of hydrogen-bond acceptors (Lipinski definition) is 3. The zero-order chi connectivity index (χ0) is 10.6. The predicted molar refractivity (Wildman–Crippen MR) is 55.9 cm³/mol. The van der Waals surface area contributed by atoms with E-state index in [0.717, 1.165) is 0 Å². The average Bonchev–Trinajstić information content (AvgIpc) is 2.14. The van der Waals surface area contributed by atoms with E-state index in [0.29, 0.717) is 12.1 Å². The third-order valence-electron chi connectivity index (χ3n) is 1.66. The summed E-state index contributed by atoms with van der Waals surface area (Å²) in [6.07, 6.45) is 3.31. The van der Waals surface area contributed by atoms with Gasteiger partial charge in [-0.1, -0.05) is 30.4 Å². The molecule has 1 aromatic carbocycles. The van der Waals surface area contributed by atoms with Crippen LogP contribution < -0.4 is 10.9 Å². The van der Waals surface area contributed by atoms with Gasteiger partial charge in [-0.25, -0.2) is 13.6 Å². The second kappa shape index (κ2) is 4.36. The van der Waals surface area contributed by atoms with E-state index in [-0.39, 0.29) is 4.90 Å². The van der Waals surface area contributed by atoms with Gasteiger partial charge in [0.15, 0.2) is 0 Å². The SMILES string of the molecule is NCC=Cc1ccccc1S(N)(=O)=O. The maximum atomic E-state index is 11.1. The highest BCUT2D eigenvalue weighted by Crippen LogP contribution is 2.14. The Morgan fingerprint density at radius 2 is 1.93 bits per heavy atom. The molecule has 0 spiro atoms. The van der Waals surface area contributed by atoms with Crippen LogP contribution in [-0.2, 0) is 10.0 Å². The van der Waals surface area contributed by atoms with Crippen LogP contribution >= 0.6 is 0 Å². The Labute approximate surface area is 83.3 Å². The molecule has 0 aromatic heterocycles. The molecule has 1 rings (SSSR count). The lowest BCUT2D eigenvalue weighted by atomic mass is 10.2. The van der Waals surface area contributed by atoms with E-state index in [9.17, 15) is 8.42 Å². The molecule has 0 heterocycles. The van der Waals surface area contributed by atoms with Crippen molar-refractivity contribution in [2.75, 3.05) is 6.54 Å². The molecule has 0 saturated carbocycles. The largest absolute Gasteiger partial charge is 0.327 e. The van der Waals surface area contributed by atoms with Crippen LogP contribution in [0.1, 0.15) is 5.56 Å². The van der Waals surface area contributed by atoms with Gasteiger partial charge in [0.1, 0.15) is 0 Å². The van der Waals surface area contributed by atoms with Crippen molar-refractivity contribution >= 4 is 16.1 Å². The summed E-state index contributed by atoms with van der Waals surface area (Å²) in [5, 5.41) is 5.04. The van der Waals surface area contributed by atoms with Gasteiger partial charge in [0.05, 0.1) is 4.90 Å². The summed E-state index contributed by atoms with van der Waals surface area (Å²) in [7, 11) is -3.66. The summed E-state index contributed by atoms with van der Waals surface area (Å²) in [5.74, 6) is 0. The number of nitrogens with two attached hydrogens (primary N) is 2. The molecular weight excluding hydrogens is 200 g/mol. The summed E-state index contributed by atoms with van der Waals surface area (Å²) < 4.78 is 22.3. The lowest BCUT2D eigenvalue weighted by Gasteiger charge is -2.02. The van der Waals surface area contributed by atoms with Crippen molar-refractivity contribution in [1.29, 1.82) is 0 Å². The number of rotatable bonds is 3. The lowest BCUT2D eigenvalue weighted by molar-refractivity contribution is 0.597. The van der Waals surface area contributed by atoms with Gasteiger partial charge in [0.2, 0.25) is 10.0 Å². The quantitative estimate of drug-likeness (QED) is 0.755. The molecule has 0 saturated heterocycles. The monoisotopic (exact) mass is 212 g/mol. The standard InChI is InChI=1S/C9H12N2O2S/c10-7-3-5-8-4-1-2-6-9(8)14(11,12)13/h1-6H,7,10H2,(H2,11,12,13). The van der Waals surface area contributed by atoms with Gasteiger partial charge in [-0.05, 0) is 11.6 Å². The van der Waals surface area contributed by atoms with E-state index in [1.807, 2.05) is 0 Å². The Bertz CT molecular complexity index is 438. The van der Waals surface area contributed by atoms with E-state index in [2.05, 4.69) is 0 Å². The normalized spacial score (nSPS) is 12.1. The van der Waals surface area contributed by atoms with Gasteiger partial charge in [0, 0.05) is 6.54 Å². The number of sulfonamides is 1. The molecule has 0 radical (unpaired) electrons. The fraction of sp³-hybridized carbons (Fsp3) is 0.111. The highest BCUT2D eigenvalue weighted by molar-refractivity contribution is 7.89. The molecule has 4 nitrogen and oxygen atoms in total. The van der Waals surface area contributed by atoms with Crippen molar-refractivity contribution in [3.63, 3.8) is 0 Å². The van der Waals surface area contributed by atoms with Crippen molar-refractivity contribution in [2.45, 2.75) is 4.90 Å². The summed E-state index contributed by atoms with van der Waals surface area (Å²) in [6, 6.07) is 6.50. The highest BCUT2D eigenvalue weighted by Gasteiger charge is 2.10. The number of benzene rings is 1. The van der Waals surface area contributed by atoms with Gasteiger partial charge in [-0.15, -0.1) is 0 Å². The van der Waals surface area contributed by atoms with E-state index in [4.69, 9.17) is 10.9 Å². The summed E-state index contributed by atoms with van der Waals surface area (Å²) in [4.78, 5) is 0.115. The first-order chi connectivity index (χ1) is 6.55. The minimum atomic E-state index is -3.66. The summed E-state index contributed by atoms with van der Waals surface area (Å²) >= 11 is 0. The Hall–Kier alpha value is -1.17. The maximum Gasteiger partial charge on any atom is 0.238 e. The second-order valence-corrected chi connectivity index (χ2v) is 4.25. The van der Waals surface area contributed by atoms with E-state index < -0.39 is 10.0 Å². The van der Waals surface area contributed by atoms with E-state index >= 15 is 0 Å². The van der Waals surface area contributed by atoms with Crippen molar-refractivity contribution in [1.82, 2.24) is 0 Å². The van der Waals surface area contributed by atoms with Gasteiger partial charge in [0.25, 0.3) is 0 Å². The van der Waals surface area contributed by atoms with Gasteiger partial charge in [-0.2, -0.15) is 0 Å². The van der Waals surface area contributed by atoms with Crippen LogP contribution in [0.2, 0.25) is 0 Å². The molecule has 14 heavy (non-hydrogen) atoms. The topological polar surface area (TPSA) is 86.2 Å². The molecule has 0 bridgehead atoms. The third kappa shape index (κ3) is 2.66. The van der Waals surface area contributed by atoms with Gasteiger partial charge < -0.3 is 5.73 Å². The fourth-order valence-electron chi connectivity index (χ4n) is 1.07. The summed E-state index contributed by atoms with van der Waals surface area (Å²) in [5.41, 5.74) is 5.82. The van der Waals surface area contributed by atoms with Crippen molar-refractivity contribution in [2.24, 2.45) is 10.9 Å². The van der Waals surface area contributed by atoms with E-state index in [1.54, 1.807) is 30.4 Å². The maximum absolute atomic E-state index is 11.1. The first-order valence-corrected chi connectivity index (χ1v) is 5.59. The minimum absolute atomic E-state index is 0.115. The molecule has 0 unspecified atom stereocenters. The molecule has 0 amide bonds. The zero-order valence-electron chi connectivity index (χ0n) is 7.55. The fourth-order valence-corrected chi connectivity index (χ4v) is 1.81. The number of primary sulfonamides is 1. The lowest BCUT2D eigenvalue weighted by Crippen LogP contribution is -2.13. The van der Waals surface area contributed by atoms with Crippen molar-refractivity contribution in [3.8, 4) is 0 Å². The predicted octanol–water partition coefficient (Wildman–Crippen LogP) is 0.306. The van der Waals surface area contributed by atoms with Crippen LogP contribution in [0.5, 0.6) is 0 Å². The molecular formula is C9H12N2O2S. The molecule has 1 aromatic rings. The summed E-state index contributed by atoms with van der Waals surface area (Å²) in [6.45, 7) is 0.360. The Morgan fingerprint density at radius 1 is 1.29 bits per heavy atom. The van der Waals surface area contributed by atoms with Crippen LogP contribution in [-0.4, -0.2) is 15.0 Å². The zero-order valence-corrected chi connectivity index (χ0v) is 8.37. The first kappa shape index (κ1) is 10.9. The van der Waals surface area contributed by atoms with Crippen molar-refractivity contribution < 1.29 is 8.42 Å². The van der Waals surface area contributed by atoms with Crippen LogP contribution in [0.25, 0.3) is 6.08 Å².